The maximum atomic E-state index is 11.5. The predicted octanol–water partition coefficient (Wildman–Crippen LogP) is -0.647. The Morgan fingerprint density at radius 1 is 1.57 bits per heavy atom. The molecule has 0 aromatic rings. The first-order valence-corrected chi connectivity index (χ1v) is 4.73. The van der Waals surface area contributed by atoms with Crippen LogP contribution in [-0.4, -0.2) is 50.6 Å². The Morgan fingerprint density at radius 3 is 2.64 bits per heavy atom. The molecule has 5 heteroatoms. The molecule has 0 unspecified atom stereocenters. The van der Waals surface area contributed by atoms with Gasteiger partial charge in [0.1, 0.15) is 5.78 Å². The van der Waals surface area contributed by atoms with Gasteiger partial charge in [0.15, 0.2) is 0 Å². The molecule has 0 aromatic heterocycles. The number of carbonyl (C=O) groups excluding carboxylic acids is 2. The van der Waals surface area contributed by atoms with Crippen molar-refractivity contribution in [1.29, 1.82) is 0 Å². The third-order valence-electron chi connectivity index (χ3n) is 2.39. The lowest BCUT2D eigenvalue weighted by atomic mass is 9.85. The molecule has 2 atom stereocenters. The van der Waals surface area contributed by atoms with Crippen LogP contribution in [0.5, 0.6) is 0 Å². The molecular weight excluding hydrogens is 179 g/mol. The molecule has 0 saturated carbocycles. The van der Waals surface area contributed by atoms with E-state index in [1.54, 1.807) is 0 Å². The molecule has 14 heavy (non-hydrogen) atoms. The van der Waals surface area contributed by atoms with Crippen molar-refractivity contribution in [2.24, 2.45) is 0 Å². The molecule has 1 N–H and O–H groups in total. The third kappa shape index (κ3) is 2.84. The second-order valence-electron chi connectivity index (χ2n) is 3.87. The second-order valence-corrected chi connectivity index (χ2v) is 3.87. The first-order valence-electron chi connectivity index (χ1n) is 4.73. The molecule has 0 bridgehead atoms. The first-order chi connectivity index (χ1) is 6.50. The van der Waals surface area contributed by atoms with E-state index >= 15 is 0 Å². The van der Waals surface area contributed by atoms with Gasteiger partial charge in [-0.25, -0.2) is 0 Å². The summed E-state index contributed by atoms with van der Waals surface area (Å²) in [6, 6.07) is -0.177. The van der Waals surface area contributed by atoms with Gasteiger partial charge in [-0.3, -0.25) is 14.5 Å². The SMILES string of the molecule is [B][C@H]1C[C@@H](C(=O)NCC(C)=O)N(C)C1. The average molecular weight is 194 g/mol. The van der Waals surface area contributed by atoms with Gasteiger partial charge in [-0.1, -0.05) is 5.82 Å². The fraction of sp³-hybridized carbons (Fsp3) is 0.778. The summed E-state index contributed by atoms with van der Waals surface area (Å²) < 4.78 is 0. The van der Waals surface area contributed by atoms with E-state index in [0.29, 0.717) is 6.42 Å². The standard InChI is InChI=1S/C9H15BN2O2/c1-6(13)4-11-9(14)8-3-7(10)5-12(8)2/h7-8H,3-5H2,1-2H3,(H,11,14)/t7-,8-/m0/s1. The number of hydrogen-bond acceptors (Lipinski definition) is 3. The zero-order chi connectivity index (χ0) is 10.7. The van der Waals surface area contributed by atoms with Crippen molar-refractivity contribution >= 4 is 19.5 Å². The van der Waals surface area contributed by atoms with Crippen LogP contribution >= 0.6 is 0 Å². The van der Waals surface area contributed by atoms with Crippen LogP contribution in [0.1, 0.15) is 13.3 Å². The van der Waals surface area contributed by atoms with E-state index < -0.39 is 0 Å². The second kappa shape index (κ2) is 4.60. The Labute approximate surface area is 85.4 Å². The van der Waals surface area contributed by atoms with E-state index in [1.807, 2.05) is 11.9 Å². The van der Waals surface area contributed by atoms with E-state index in [2.05, 4.69) is 5.32 Å². The molecule has 0 spiro atoms. The number of Topliss-reactive ketones (excluding diaryl/α,β-unsaturated/α-hetero) is 1. The monoisotopic (exact) mass is 194 g/mol. The summed E-state index contributed by atoms with van der Waals surface area (Å²) in [6.07, 6.45) is 0.667. The van der Waals surface area contributed by atoms with Crippen molar-refractivity contribution in [3.8, 4) is 0 Å². The minimum atomic E-state index is -0.177. The molecular formula is C9H15BN2O2. The molecule has 0 aromatic carbocycles. The van der Waals surface area contributed by atoms with Crippen molar-refractivity contribution in [2.45, 2.75) is 25.2 Å². The van der Waals surface area contributed by atoms with Gasteiger partial charge >= 0.3 is 0 Å². The van der Waals surface area contributed by atoms with Crippen LogP contribution in [0.25, 0.3) is 0 Å². The van der Waals surface area contributed by atoms with Crippen molar-refractivity contribution in [1.82, 2.24) is 10.2 Å². The zero-order valence-electron chi connectivity index (χ0n) is 8.62. The lowest BCUT2D eigenvalue weighted by molar-refractivity contribution is -0.127. The first kappa shape index (κ1) is 11.2. The lowest BCUT2D eigenvalue weighted by Gasteiger charge is -2.18. The number of nitrogens with zero attached hydrogens (tertiary/aromatic N) is 1. The molecule has 1 heterocycles. The van der Waals surface area contributed by atoms with E-state index in [9.17, 15) is 9.59 Å². The maximum Gasteiger partial charge on any atom is 0.237 e. The van der Waals surface area contributed by atoms with Crippen LogP contribution in [-0.2, 0) is 9.59 Å². The summed E-state index contributed by atoms with van der Waals surface area (Å²) in [6.45, 7) is 2.29. The van der Waals surface area contributed by atoms with Crippen LogP contribution in [0.15, 0.2) is 0 Å². The van der Waals surface area contributed by atoms with Gasteiger partial charge in [0, 0.05) is 0 Å². The molecule has 1 fully saturated rings. The van der Waals surface area contributed by atoms with Crippen LogP contribution in [0.3, 0.4) is 0 Å². The predicted molar refractivity (Wildman–Crippen MR) is 54.2 cm³/mol. The summed E-state index contributed by atoms with van der Waals surface area (Å²) in [4.78, 5) is 24.1. The number of amides is 1. The van der Waals surface area contributed by atoms with Crippen LogP contribution in [0.2, 0.25) is 5.82 Å². The molecule has 1 amide bonds. The van der Waals surface area contributed by atoms with E-state index in [0.717, 1.165) is 6.54 Å². The van der Waals surface area contributed by atoms with Gasteiger partial charge in [-0.05, 0) is 26.9 Å². The smallest absolute Gasteiger partial charge is 0.237 e. The van der Waals surface area contributed by atoms with Crippen LogP contribution in [0.4, 0.5) is 0 Å². The number of rotatable bonds is 3. The molecule has 2 radical (unpaired) electrons. The van der Waals surface area contributed by atoms with Crippen molar-refractivity contribution in [3.05, 3.63) is 0 Å². The number of carbonyl (C=O) groups is 2. The fourth-order valence-corrected chi connectivity index (χ4v) is 1.67. The molecule has 4 nitrogen and oxygen atoms in total. The molecule has 1 aliphatic rings. The minimum absolute atomic E-state index is 0.0386. The van der Waals surface area contributed by atoms with E-state index in [1.165, 1.54) is 6.92 Å². The van der Waals surface area contributed by atoms with Crippen molar-refractivity contribution in [3.63, 3.8) is 0 Å². The Kier molecular flexibility index (Phi) is 3.69. The molecule has 1 saturated heterocycles. The Morgan fingerprint density at radius 2 is 2.21 bits per heavy atom. The Balaban J connectivity index is 2.41. The highest BCUT2D eigenvalue weighted by atomic mass is 16.2. The molecule has 1 aliphatic heterocycles. The highest BCUT2D eigenvalue weighted by Crippen LogP contribution is 2.23. The highest BCUT2D eigenvalue weighted by Gasteiger charge is 2.31. The molecule has 1 rings (SSSR count). The normalized spacial score (nSPS) is 27.6. The van der Waals surface area contributed by atoms with Crippen molar-refractivity contribution < 1.29 is 9.59 Å². The van der Waals surface area contributed by atoms with Crippen molar-refractivity contribution in [2.75, 3.05) is 20.1 Å². The van der Waals surface area contributed by atoms with E-state index in [-0.39, 0.29) is 30.1 Å². The lowest BCUT2D eigenvalue weighted by Crippen LogP contribution is -2.42. The largest absolute Gasteiger partial charge is 0.348 e. The number of likely N-dealkylation sites (tertiary alicyclic amines) is 1. The van der Waals surface area contributed by atoms with Gasteiger partial charge in [0.2, 0.25) is 5.91 Å². The maximum absolute atomic E-state index is 11.5. The summed E-state index contributed by atoms with van der Waals surface area (Å²) in [5.74, 6) is -0.0768. The Bertz CT molecular complexity index is 245. The van der Waals surface area contributed by atoms with Gasteiger partial charge in [0.05, 0.1) is 20.4 Å². The van der Waals surface area contributed by atoms with Gasteiger partial charge < -0.3 is 5.32 Å². The molecule has 0 aliphatic carbocycles. The summed E-state index contributed by atoms with van der Waals surface area (Å²) in [5, 5.41) is 2.59. The van der Waals surface area contributed by atoms with Crippen LogP contribution in [0, 0.1) is 0 Å². The fourth-order valence-electron chi connectivity index (χ4n) is 1.67. The van der Waals surface area contributed by atoms with Gasteiger partial charge in [0.25, 0.3) is 0 Å². The number of ketones is 1. The van der Waals surface area contributed by atoms with E-state index in [4.69, 9.17) is 7.85 Å². The topological polar surface area (TPSA) is 49.4 Å². The summed E-state index contributed by atoms with van der Waals surface area (Å²) in [5.41, 5.74) is 0. The molecule has 76 valence electrons. The van der Waals surface area contributed by atoms with Gasteiger partial charge in [-0.15, -0.1) is 0 Å². The van der Waals surface area contributed by atoms with Crippen LogP contribution < -0.4 is 5.32 Å². The Hall–Kier alpha value is -0.835. The highest BCUT2D eigenvalue weighted by molar-refractivity contribution is 6.12. The number of hydrogen-bond donors (Lipinski definition) is 1. The van der Waals surface area contributed by atoms with Gasteiger partial charge in [-0.2, -0.15) is 0 Å². The summed E-state index contributed by atoms with van der Waals surface area (Å²) >= 11 is 0. The number of likely N-dealkylation sites (N-methyl/N-ethyl adjacent to an activating group) is 1. The summed E-state index contributed by atoms with van der Waals surface area (Å²) in [7, 11) is 7.59. The zero-order valence-corrected chi connectivity index (χ0v) is 8.62. The minimum Gasteiger partial charge on any atom is -0.348 e. The average Bonchev–Trinajstić information content (AvgIpc) is 2.41. The quantitative estimate of drug-likeness (QED) is 0.607. The third-order valence-corrected chi connectivity index (χ3v) is 2.39. The number of nitrogens with one attached hydrogen (secondary N) is 1.